The van der Waals surface area contributed by atoms with E-state index in [1.165, 1.54) is 0 Å². The average molecular weight is 583 g/mol. The number of halogens is 1. The molecule has 0 radical (unpaired) electrons. The van der Waals surface area contributed by atoms with Crippen molar-refractivity contribution in [3.63, 3.8) is 0 Å². The van der Waals surface area contributed by atoms with Gasteiger partial charge in [-0.15, -0.1) is 0 Å². The predicted molar refractivity (Wildman–Crippen MR) is 151 cm³/mol. The van der Waals surface area contributed by atoms with E-state index < -0.39 is 5.91 Å². The summed E-state index contributed by atoms with van der Waals surface area (Å²) in [5.41, 5.74) is 2.40. The standard InChI is InChI=1S/C28H28BrN3O4S/c29-20-12-13-25(36-16-14-19-7-2-1-3-8-19)23(17-20)27(34)32-28(37)31-24-11-5-4-10-22(24)26(33)30-18-21-9-6-15-35-21/h1-5,7-8,10-13,17,21H,6,9,14-16,18H2,(H,30,33)(H2,31,32,34,37). The molecule has 0 saturated carbocycles. The third kappa shape index (κ3) is 7.85. The lowest BCUT2D eigenvalue weighted by Crippen LogP contribution is -2.36. The van der Waals surface area contributed by atoms with Crippen molar-refractivity contribution in [2.45, 2.75) is 25.4 Å². The lowest BCUT2D eigenvalue weighted by Gasteiger charge is -2.16. The van der Waals surface area contributed by atoms with Crippen molar-refractivity contribution in [3.8, 4) is 5.75 Å². The molecule has 1 fully saturated rings. The van der Waals surface area contributed by atoms with Crippen LogP contribution in [0.3, 0.4) is 0 Å². The number of nitrogens with one attached hydrogen (secondary N) is 3. The Bertz CT molecular complexity index is 1250. The van der Waals surface area contributed by atoms with Crippen LogP contribution in [0.15, 0.2) is 77.3 Å². The first-order valence-corrected chi connectivity index (χ1v) is 13.3. The molecule has 9 heteroatoms. The number of hydrogen-bond donors (Lipinski definition) is 3. The summed E-state index contributed by atoms with van der Waals surface area (Å²) in [6.07, 6.45) is 2.69. The minimum atomic E-state index is -0.422. The maximum Gasteiger partial charge on any atom is 0.261 e. The monoisotopic (exact) mass is 581 g/mol. The highest BCUT2D eigenvalue weighted by molar-refractivity contribution is 9.10. The highest BCUT2D eigenvalue weighted by atomic mass is 79.9. The van der Waals surface area contributed by atoms with Gasteiger partial charge >= 0.3 is 0 Å². The van der Waals surface area contributed by atoms with E-state index in [1.54, 1.807) is 36.4 Å². The average Bonchev–Trinajstić information content (AvgIpc) is 3.43. The smallest absolute Gasteiger partial charge is 0.261 e. The van der Waals surface area contributed by atoms with Crippen molar-refractivity contribution in [3.05, 3.63) is 94.0 Å². The van der Waals surface area contributed by atoms with Crippen molar-refractivity contribution in [1.29, 1.82) is 0 Å². The van der Waals surface area contributed by atoms with Crippen molar-refractivity contribution < 1.29 is 19.1 Å². The van der Waals surface area contributed by atoms with Gasteiger partial charge in [0.25, 0.3) is 11.8 Å². The summed E-state index contributed by atoms with van der Waals surface area (Å²) in [5, 5.41) is 8.64. The molecule has 0 aliphatic carbocycles. The molecule has 3 N–H and O–H groups in total. The van der Waals surface area contributed by atoms with E-state index in [4.69, 9.17) is 21.7 Å². The first kappa shape index (κ1) is 26.8. The number of thiocarbonyl (C=S) groups is 1. The largest absolute Gasteiger partial charge is 0.492 e. The molecule has 0 spiro atoms. The SMILES string of the molecule is O=C(NCC1CCCO1)c1ccccc1NC(=S)NC(=O)c1cc(Br)ccc1OCCc1ccccc1. The van der Waals surface area contributed by atoms with Crippen molar-refractivity contribution >= 4 is 50.8 Å². The second kappa shape index (κ2) is 13.3. The zero-order valence-corrected chi connectivity index (χ0v) is 22.6. The molecule has 1 unspecified atom stereocenters. The number of benzene rings is 3. The van der Waals surface area contributed by atoms with E-state index in [0.29, 0.717) is 42.1 Å². The lowest BCUT2D eigenvalue weighted by molar-refractivity contribution is 0.0858. The zero-order valence-electron chi connectivity index (χ0n) is 20.2. The van der Waals surface area contributed by atoms with Gasteiger partial charge in [0, 0.05) is 24.0 Å². The number of para-hydroxylation sites is 1. The van der Waals surface area contributed by atoms with E-state index in [1.807, 2.05) is 36.4 Å². The normalized spacial score (nSPS) is 14.6. The van der Waals surface area contributed by atoms with Crippen molar-refractivity contribution in [2.75, 3.05) is 25.1 Å². The predicted octanol–water partition coefficient (Wildman–Crippen LogP) is 5.11. The minimum Gasteiger partial charge on any atom is -0.492 e. The fourth-order valence-corrected chi connectivity index (χ4v) is 4.51. The Kier molecular flexibility index (Phi) is 9.65. The molecule has 37 heavy (non-hydrogen) atoms. The second-order valence-corrected chi connectivity index (χ2v) is 9.85. The van der Waals surface area contributed by atoms with Gasteiger partial charge in [0.2, 0.25) is 0 Å². The highest BCUT2D eigenvalue weighted by Crippen LogP contribution is 2.24. The molecule has 192 valence electrons. The maximum absolute atomic E-state index is 13.1. The van der Waals surface area contributed by atoms with Crippen LogP contribution in [-0.2, 0) is 11.2 Å². The maximum atomic E-state index is 13.1. The van der Waals surface area contributed by atoms with Crippen LogP contribution in [0.2, 0.25) is 0 Å². The Morgan fingerprint density at radius 3 is 2.57 bits per heavy atom. The lowest BCUT2D eigenvalue weighted by atomic mass is 10.1. The van der Waals surface area contributed by atoms with Gasteiger partial charge in [-0.2, -0.15) is 0 Å². The Morgan fingerprint density at radius 1 is 1.00 bits per heavy atom. The van der Waals surface area contributed by atoms with Gasteiger partial charge in [0.15, 0.2) is 5.11 Å². The zero-order chi connectivity index (χ0) is 26.0. The van der Waals surface area contributed by atoms with Crippen LogP contribution in [0.25, 0.3) is 0 Å². The molecule has 3 aromatic rings. The van der Waals surface area contributed by atoms with Gasteiger partial charge < -0.3 is 20.1 Å². The van der Waals surface area contributed by atoms with Gasteiger partial charge in [0.05, 0.1) is 29.5 Å². The highest BCUT2D eigenvalue weighted by Gasteiger charge is 2.19. The number of ether oxygens (including phenoxy) is 2. The summed E-state index contributed by atoms with van der Waals surface area (Å²) in [6.45, 7) is 1.59. The fraction of sp³-hybridized carbons (Fsp3) is 0.250. The molecule has 3 aromatic carbocycles. The number of rotatable bonds is 9. The Morgan fingerprint density at radius 2 is 1.78 bits per heavy atom. The molecule has 0 aromatic heterocycles. The quantitative estimate of drug-likeness (QED) is 0.304. The number of carbonyl (C=O) groups excluding carboxylic acids is 2. The Hall–Kier alpha value is -3.27. The van der Waals surface area contributed by atoms with E-state index >= 15 is 0 Å². The van der Waals surface area contributed by atoms with E-state index in [2.05, 4.69) is 31.9 Å². The number of carbonyl (C=O) groups is 2. The second-order valence-electron chi connectivity index (χ2n) is 8.52. The molecule has 1 aliphatic rings. The molecule has 1 saturated heterocycles. The van der Waals surface area contributed by atoms with Gasteiger partial charge in [-0.25, -0.2) is 0 Å². The molecular weight excluding hydrogens is 554 g/mol. The van der Waals surface area contributed by atoms with Crippen LogP contribution >= 0.6 is 28.1 Å². The summed E-state index contributed by atoms with van der Waals surface area (Å²) in [4.78, 5) is 25.9. The number of anilines is 1. The van der Waals surface area contributed by atoms with Gasteiger partial charge in [0.1, 0.15) is 5.75 Å². The molecule has 4 rings (SSSR count). The fourth-order valence-electron chi connectivity index (χ4n) is 3.95. The summed E-state index contributed by atoms with van der Waals surface area (Å²) in [5.74, 6) is -0.212. The van der Waals surface area contributed by atoms with Crippen LogP contribution in [0.1, 0.15) is 39.1 Å². The third-order valence-corrected chi connectivity index (χ3v) is 6.54. The first-order valence-electron chi connectivity index (χ1n) is 12.1. The van der Waals surface area contributed by atoms with Crippen LogP contribution in [-0.4, -0.2) is 42.8 Å². The molecule has 1 heterocycles. The Labute approximate surface area is 230 Å². The minimum absolute atomic E-state index is 0.0405. The van der Waals surface area contributed by atoms with Gasteiger partial charge in [-0.1, -0.05) is 58.4 Å². The molecular formula is C28H28BrN3O4S. The van der Waals surface area contributed by atoms with Crippen LogP contribution < -0.4 is 20.7 Å². The van der Waals surface area contributed by atoms with Crippen molar-refractivity contribution in [2.24, 2.45) is 0 Å². The Balaban J connectivity index is 1.37. The molecule has 2 amide bonds. The summed E-state index contributed by atoms with van der Waals surface area (Å²) < 4.78 is 12.2. The third-order valence-electron chi connectivity index (χ3n) is 5.84. The molecule has 7 nitrogen and oxygen atoms in total. The topological polar surface area (TPSA) is 88.7 Å². The molecule has 0 bridgehead atoms. The summed E-state index contributed by atoms with van der Waals surface area (Å²) >= 11 is 8.81. The summed E-state index contributed by atoms with van der Waals surface area (Å²) in [6, 6.07) is 22.2. The number of amides is 2. The number of hydrogen-bond acceptors (Lipinski definition) is 5. The first-order chi connectivity index (χ1) is 18.0. The van der Waals surface area contributed by atoms with Gasteiger partial charge in [-0.3, -0.25) is 14.9 Å². The van der Waals surface area contributed by atoms with Crippen LogP contribution in [0.5, 0.6) is 5.75 Å². The van der Waals surface area contributed by atoms with Crippen LogP contribution in [0.4, 0.5) is 5.69 Å². The molecule has 1 atom stereocenters. The van der Waals surface area contributed by atoms with Gasteiger partial charge in [-0.05, 0) is 61.0 Å². The summed E-state index contributed by atoms with van der Waals surface area (Å²) in [7, 11) is 0. The van der Waals surface area contributed by atoms with E-state index in [-0.39, 0.29) is 17.1 Å². The van der Waals surface area contributed by atoms with E-state index in [0.717, 1.165) is 29.5 Å². The molecule has 1 aliphatic heterocycles. The van der Waals surface area contributed by atoms with E-state index in [9.17, 15) is 9.59 Å². The van der Waals surface area contributed by atoms with Crippen LogP contribution in [0, 0.1) is 0 Å². The van der Waals surface area contributed by atoms with Crippen molar-refractivity contribution in [1.82, 2.24) is 10.6 Å².